The molecule has 1 heterocycles. The van der Waals surface area contributed by atoms with Crippen LogP contribution in [0.3, 0.4) is 0 Å². The second-order valence-corrected chi connectivity index (χ2v) is 10.7. The third-order valence-corrected chi connectivity index (χ3v) is 7.77. The average Bonchev–Trinajstić information content (AvgIpc) is 2.96. The van der Waals surface area contributed by atoms with Gasteiger partial charge in [0.2, 0.25) is 5.82 Å². The smallest absolute Gasteiger partial charge is 0.201 e. The monoisotopic (exact) mass is 538 g/mol. The minimum atomic E-state index is -0.979. The zero-order valence-electron chi connectivity index (χ0n) is 23.3. The van der Waals surface area contributed by atoms with Crippen molar-refractivity contribution < 1.29 is 22.6 Å². The van der Waals surface area contributed by atoms with E-state index in [4.69, 9.17) is 9.47 Å². The van der Waals surface area contributed by atoms with Crippen LogP contribution in [-0.2, 0) is 4.74 Å². The number of ether oxygens (including phenoxy) is 2. The molecule has 0 bridgehead atoms. The fourth-order valence-corrected chi connectivity index (χ4v) is 5.34. The van der Waals surface area contributed by atoms with Gasteiger partial charge < -0.3 is 9.47 Å². The first-order chi connectivity index (χ1) is 19.0. The van der Waals surface area contributed by atoms with Gasteiger partial charge in [-0.2, -0.15) is 4.39 Å². The molecule has 39 heavy (non-hydrogen) atoms. The van der Waals surface area contributed by atoms with Crippen LogP contribution in [0.4, 0.5) is 13.2 Å². The molecule has 3 aromatic rings. The minimum Gasteiger partial charge on any atom is -0.490 e. The van der Waals surface area contributed by atoms with E-state index < -0.39 is 11.6 Å². The number of hydrogen-bond donors (Lipinski definition) is 0. The van der Waals surface area contributed by atoms with Gasteiger partial charge in [0.1, 0.15) is 5.82 Å². The molecule has 1 saturated heterocycles. The highest BCUT2D eigenvalue weighted by Crippen LogP contribution is 2.35. The fraction of sp³-hybridized carbons (Fsp3) is 0.471. The van der Waals surface area contributed by atoms with Crippen molar-refractivity contribution in [2.75, 3.05) is 13.2 Å². The molecule has 3 aromatic carbocycles. The first-order valence-electron chi connectivity index (χ1n) is 14.6. The Morgan fingerprint density at radius 1 is 0.744 bits per heavy atom. The zero-order chi connectivity index (χ0) is 27.6. The maximum Gasteiger partial charge on any atom is 0.201 e. The molecule has 4 rings (SSSR count). The Kier molecular flexibility index (Phi) is 10.9. The van der Waals surface area contributed by atoms with Crippen molar-refractivity contribution in [3.8, 4) is 28.0 Å². The third-order valence-electron chi connectivity index (χ3n) is 7.77. The second-order valence-electron chi connectivity index (χ2n) is 10.7. The molecular formula is C34H41F3O2. The predicted molar refractivity (Wildman–Crippen MR) is 153 cm³/mol. The molecule has 0 N–H and O–H groups in total. The molecule has 0 aromatic heterocycles. The van der Waals surface area contributed by atoms with Crippen LogP contribution in [0.5, 0.6) is 5.75 Å². The van der Waals surface area contributed by atoms with Crippen molar-refractivity contribution in [2.24, 2.45) is 0 Å². The summed E-state index contributed by atoms with van der Waals surface area (Å²) in [5.41, 5.74) is 2.81. The summed E-state index contributed by atoms with van der Waals surface area (Å²) < 4.78 is 56.2. The van der Waals surface area contributed by atoms with E-state index in [2.05, 4.69) is 13.8 Å². The van der Waals surface area contributed by atoms with E-state index in [1.54, 1.807) is 36.4 Å². The lowest BCUT2D eigenvalue weighted by Gasteiger charge is -2.29. The molecule has 0 radical (unpaired) electrons. The Balaban J connectivity index is 1.39. The first kappa shape index (κ1) is 29.2. The van der Waals surface area contributed by atoms with Gasteiger partial charge in [-0.1, -0.05) is 88.8 Å². The van der Waals surface area contributed by atoms with E-state index in [-0.39, 0.29) is 23.0 Å². The molecule has 0 aliphatic carbocycles. The van der Waals surface area contributed by atoms with E-state index in [1.165, 1.54) is 31.4 Å². The maximum absolute atomic E-state index is 15.2. The molecular weight excluding hydrogens is 497 g/mol. The highest BCUT2D eigenvalue weighted by atomic mass is 19.2. The van der Waals surface area contributed by atoms with Crippen LogP contribution in [0.15, 0.2) is 54.6 Å². The molecule has 0 saturated carbocycles. The number of unbranched alkanes of at least 4 members (excludes halogenated alkanes) is 5. The Labute approximate surface area is 231 Å². The summed E-state index contributed by atoms with van der Waals surface area (Å²) in [6.07, 6.45) is 11.1. The van der Waals surface area contributed by atoms with Crippen LogP contribution in [0.1, 0.15) is 89.5 Å². The lowest BCUT2D eigenvalue weighted by atomic mass is 9.89. The van der Waals surface area contributed by atoms with Crippen molar-refractivity contribution in [2.45, 2.75) is 90.1 Å². The van der Waals surface area contributed by atoms with Crippen LogP contribution in [0, 0.1) is 17.5 Å². The van der Waals surface area contributed by atoms with Gasteiger partial charge >= 0.3 is 0 Å². The Morgan fingerprint density at radius 2 is 1.44 bits per heavy atom. The van der Waals surface area contributed by atoms with E-state index in [9.17, 15) is 8.78 Å². The summed E-state index contributed by atoms with van der Waals surface area (Å²) in [5.74, 6) is -2.07. The van der Waals surface area contributed by atoms with Crippen LogP contribution in [-0.4, -0.2) is 19.3 Å². The maximum atomic E-state index is 15.2. The van der Waals surface area contributed by atoms with Crippen molar-refractivity contribution in [1.82, 2.24) is 0 Å². The molecule has 0 amide bonds. The number of halogens is 3. The summed E-state index contributed by atoms with van der Waals surface area (Å²) in [6.45, 7) is 5.32. The number of rotatable bonds is 13. The van der Waals surface area contributed by atoms with E-state index in [0.29, 0.717) is 36.0 Å². The van der Waals surface area contributed by atoms with Gasteiger partial charge in [-0.3, -0.25) is 0 Å². The van der Waals surface area contributed by atoms with Crippen LogP contribution in [0.2, 0.25) is 0 Å². The molecule has 210 valence electrons. The van der Waals surface area contributed by atoms with Gasteiger partial charge in [-0.05, 0) is 60.6 Å². The standard InChI is InChI=1S/C34H41F3O2/c1-3-5-7-9-21-38-32-20-19-30(33(36)34(32)37)25-13-11-24(12-14-25)29-18-16-26(22-31(29)35)27-15-17-28(39-23-27)10-8-6-4-2/h11-14,16,18-20,22,27-28H,3-10,15,17,21,23H2,1-2H3. The van der Waals surface area contributed by atoms with Gasteiger partial charge in [0.25, 0.3) is 0 Å². The zero-order valence-corrected chi connectivity index (χ0v) is 23.3. The third kappa shape index (κ3) is 7.66. The second kappa shape index (κ2) is 14.6. The molecule has 1 aliphatic rings. The van der Waals surface area contributed by atoms with Gasteiger partial charge in [-0.25, -0.2) is 8.78 Å². The van der Waals surface area contributed by atoms with Crippen LogP contribution < -0.4 is 4.74 Å². The Hall–Kier alpha value is -2.79. The molecule has 2 unspecified atom stereocenters. The lowest BCUT2D eigenvalue weighted by molar-refractivity contribution is -0.00211. The summed E-state index contributed by atoms with van der Waals surface area (Å²) in [4.78, 5) is 0. The number of benzene rings is 3. The molecule has 2 nitrogen and oxygen atoms in total. The Morgan fingerprint density at radius 3 is 2.10 bits per heavy atom. The van der Waals surface area contributed by atoms with Crippen LogP contribution >= 0.6 is 0 Å². The summed E-state index contributed by atoms with van der Waals surface area (Å²) >= 11 is 0. The molecule has 0 spiro atoms. The minimum absolute atomic E-state index is 0.0677. The molecule has 1 fully saturated rings. The summed E-state index contributed by atoms with van der Waals surface area (Å²) in [6, 6.07) is 15.3. The van der Waals surface area contributed by atoms with Crippen molar-refractivity contribution >= 4 is 0 Å². The Bertz CT molecular complexity index is 1180. The van der Waals surface area contributed by atoms with Gasteiger partial charge in [-0.15, -0.1) is 0 Å². The van der Waals surface area contributed by atoms with Crippen LogP contribution in [0.25, 0.3) is 22.3 Å². The summed E-state index contributed by atoms with van der Waals surface area (Å²) in [5, 5.41) is 0. The van der Waals surface area contributed by atoms with Gasteiger partial charge in [0, 0.05) is 17.0 Å². The normalized spacial score (nSPS) is 17.4. The van der Waals surface area contributed by atoms with Crippen molar-refractivity contribution in [3.63, 3.8) is 0 Å². The quantitative estimate of drug-likeness (QED) is 0.202. The first-order valence-corrected chi connectivity index (χ1v) is 14.6. The van der Waals surface area contributed by atoms with E-state index in [0.717, 1.165) is 50.5 Å². The molecule has 2 atom stereocenters. The van der Waals surface area contributed by atoms with Crippen molar-refractivity contribution in [1.29, 1.82) is 0 Å². The van der Waals surface area contributed by atoms with E-state index in [1.807, 2.05) is 6.07 Å². The predicted octanol–water partition coefficient (Wildman–Crippen LogP) is 10.2. The summed E-state index contributed by atoms with van der Waals surface area (Å²) in [7, 11) is 0. The van der Waals surface area contributed by atoms with E-state index >= 15 is 4.39 Å². The van der Waals surface area contributed by atoms with Gasteiger partial charge in [0.15, 0.2) is 11.6 Å². The largest absolute Gasteiger partial charge is 0.490 e. The molecule has 5 heteroatoms. The van der Waals surface area contributed by atoms with Crippen molar-refractivity contribution in [3.05, 3.63) is 77.6 Å². The highest BCUT2D eigenvalue weighted by molar-refractivity contribution is 5.71. The fourth-order valence-electron chi connectivity index (χ4n) is 5.34. The highest BCUT2D eigenvalue weighted by Gasteiger charge is 2.23. The SMILES string of the molecule is CCCCCCOc1ccc(-c2ccc(-c3ccc(C4CCC(CCCCC)OC4)cc3F)cc2)c(F)c1F. The number of hydrogen-bond acceptors (Lipinski definition) is 2. The molecule has 1 aliphatic heterocycles. The topological polar surface area (TPSA) is 18.5 Å². The lowest BCUT2D eigenvalue weighted by Crippen LogP contribution is -2.24. The average molecular weight is 539 g/mol. The van der Waals surface area contributed by atoms with Gasteiger partial charge in [0.05, 0.1) is 19.3 Å².